The van der Waals surface area contributed by atoms with Gasteiger partial charge < -0.3 is 19.5 Å². The van der Waals surface area contributed by atoms with Gasteiger partial charge in [-0.2, -0.15) is 0 Å². The first kappa shape index (κ1) is 20.1. The van der Waals surface area contributed by atoms with Gasteiger partial charge in [-0.1, -0.05) is 0 Å². The van der Waals surface area contributed by atoms with Crippen molar-refractivity contribution in [2.24, 2.45) is 0 Å². The fraction of sp³-hybridized carbons (Fsp3) is 0.409. The lowest BCUT2D eigenvalue weighted by atomic mass is 9.87. The molecule has 0 amide bonds. The lowest BCUT2D eigenvalue weighted by Gasteiger charge is -2.43. The standard InChI is InChI=1S/C22H26FNO4/c1-5-24-16-11-12-18-17(13-16)19(26-6-2)20(22(3,4)28-18)27-21(25)14-7-9-15(23)10-8-14/h7-13,19-20,24H,5-6H2,1-4H3. The average molecular weight is 387 g/mol. The Hall–Kier alpha value is -2.60. The molecule has 1 N–H and O–H groups in total. The number of hydrogen-bond donors (Lipinski definition) is 1. The molecule has 1 heterocycles. The van der Waals surface area contributed by atoms with Crippen molar-refractivity contribution in [1.82, 2.24) is 0 Å². The molecule has 2 aromatic rings. The summed E-state index contributed by atoms with van der Waals surface area (Å²) in [5.41, 5.74) is 1.25. The number of ether oxygens (including phenoxy) is 3. The Morgan fingerprint density at radius 1 is 1.18 bits per heavy atom. The van der Waals surface area contributed by atoms with Crippen molar-refractivity contribution in [3.63, 3.8) is 0 Å². The van der Waals surface area contributed by atoms with Crippen LogP contribution in [0.3, 0.4) is 0 Å². The molecule has 150 valence electrons. The van der Waals surface area contributed by atoms with Crippen molar-refractivity contribution in [2.45, 2.75) is 45.5 Å². The zero-order valence-corrected chi connectivity index (χ0v) is 16.6. The predicted molar refractivity (Wildman–Crippen MR) is 105 cm³/mol. The third kappa shape index (κ3) is 4.12. The van der Waals surface area contributed by atoms with E-state index in [1.54, 1.807) is 0 Å². The highest BCUT2D eigenvalue weighted by Crippen LogP contribution is 2.44. The lowest BCUT2D eigenvalue weighted by molar-refractivity contribution is -0.137. The minimum absolute atomic E-state index is 0.277. The number of hydrogen-bond acceptors (Lipinski definition) is 5. The highest BCUT2D eigenvalue weighted by molar-refractivity contribution is 5.89. The molecule has 3 rings (SSSR count). The summed E-state index contributed by atoms with van der Waals surface area (Å²) in [4.78, 5) is 12.7. The van der Waals surface area contributed by atoms with E-state index in [1.165, 1.54) is 24.3 Å². The van der Waals surface area contributed by atoms with Crippen LogP contribution in [0.5, 0.6) is 5.75 Å². The van der Waals surface area contributed by atoms with Crippen LogP contribution in [0.15, 0.2) is 42.5 Å². The lowest BCUT2D eigenvalue weighted by Crippen LogP contribution is -2.51. The van der Waals surface area contributed by atoms with Gasteiger partial charge in [0.05, 0.1) is 5.56 Å². The summed E-state index contributed by atoms with van der Waals surface area (Å²) in [7, 11) is 0. The molecule has 28 heavy (non-hydrogen) atoms. The average Bonchev–Trinajstić information content (AvgIpc) is 2.65. The summed E-state index contributed by atoms with van der Waals surface area (Å²) in [6.07, 6.45) is -1.15. The van der Waals surface area contributed by atoms with Crippen LogP contribution in [-0.2, 0) is 9.47 Å². The molecule has 2 unspecified atom stereocenters. The van der Waals surface area contributed by atoms with E-state index in [1.807, 2.05) is 45.9 Å². The Bertz CT molecular complexity index is 835. The van der Waals surface area contributed by atoms with Crippen molar-refractivity contribution in [3.8, 4) is 5.75 Å². The first-order valence-corrected chi connectivity index (χ1v) is 9.50. The molecule has 0 aliphatic carbocycles. The number of fused-ring (bicyclic) bond motifs is 1. The Morgan fingerprint density at radius 3 is 2.54 bits per heavy atom. The van der Waals surface area contributed by atoms with E-state index in [9.17, 15) is 9.18 Å². The van der Waals surface area contributed by atoms with Gasteiger partial charge in [-0.15, -0.1) is 0 Å². The number of nitrogens with one attached hydrogen (secondary N) is 1. The van der Waals surface area contributed by atoms with E-state index >= 15 is 0 Å². The first-order valence-electron chi connectivity index (χ1n) is 9.50. The summed E-state index contributed by atoms with van der Waals surface area (Å²) in [6.45, 7) is 8.89. The number of carbonyl (C=O) groups is 1. The summed E-state index contributed by atoms with van der Waals surface area (Å²) < 4.78 is 31.1. The molecule has 1 aliphatic rings. The van der Waals surface area contributed by atoms with Crippen LogP contribution >= 0.6 is 0 Å². The van der Waals surface area contributed by atoms with Gasteiger partial charge in [0.25, 0.3) is 0 Å². The molecule has 2 aromatic carbocycles. The molecule has 5 nitrogen and oxygen atoms in total. The van der Waals surface area contributed by atoms with Crippen LogP contribution in [0.2, 0.25) is 0 Å². The summed E-state index contributed by atoms with van der Waals surface area (Å²) in [5, 5.41) is 3.27. The highest BCUT2D eigenvalue weighted by atomic mass is 19.1. The van der Waals surface area contributed by atoms with E-state index in [2.05, 4.69) is 5.32 Å². The van der Waals surface area contributed by atoms with E-state index in [0.717, 1.165) is 17.8 Å². The molecule has 0 saturated heterocycles. The second-order valence-corrected chi connectivity index (χ2v) is 7.20. The third-order valence-corrected chi connectivity index (χ3v) is 4.69. The monoisotopic (exact) mass is 387 g/mol. The second kappa shape index (κ2) is 8.19. The maximum Gasteiger partial charge on any atom is 0.338 e. The zero-order valence-electron chi connectivity index (χ0n) is 16.6. The number of benzene rings is 2. The summed E-state index contributed by atoms with van der Waals surface area (Å²) >= 11 is 0. The minimum Gasteiger partial charge on any atom is -0.483 e. The van der Waals surface area contributed by atoms with Gasteiger partial charge in [0, 0.05) is 24.4 Å². The molecule has 0 saturated carbocycles. The van der Waals surface area contributed by atoms with Crippen molar-refractivity contribution >= 4 is 11.7 Å². The quantitative estimate of drug-likeness (QED) is 0.726. The Labute approximate surface area is 164 Å². The molecule has 0 spiro atoms. The summed E-state index contributed by atoms with van der Waals surface area (Å²) in [6, 6.07) is 11.1. The summed E-state index contributed by atoms with van der Waals surface area (Å²) in [5.74, 6) is -0.244. The number of carbonyl (C=O) groups excluding carboxylic acids is 1. The van der Waals surface area contributed by atoms with E-state index < -0.39 is 29.6 Å². The van der Waals surface area contributed by atoms with Crippen LogP contribution in [-0.4, -0.2) is 30.8 Å². The predicted octanol–water partition coefficient (Wildman–Crippen LogP) is 4.73. The van der Waals surface area contributed by atoms with E-state index in [-0.39, 0.29) is 5.56 Å². The van der Waals surface area contributed by atoms with Crippen LogP contribution in [0.25, 0.3) is 0 Å². The van der Waals surface area contributed by atoms with Crippen molar-refractivity contribution in [3.05, 3.63) is 59.4 Å². The van der Waals surface area contributed by atoms with Crippen LogP contribution < -0.4 is 10.1 Å². The molecule has 0 bridgehead atoms. The SMILES string of the molecule is CCNc1ccc2c(c1)C(OCC)C(OC(=O)c1ccc(F)cc1)C(C)(C)O2. The Kier molecular flexibility index (Phi) is 5.89. The number of rotatable bonds is 6. The molecule has 1 aliphatic heterocycles. The second-order valence-electron chi connectivity index (χ2n) is 7.20. The molecule has 6 heteroatoms. The van der Waals surface area contributed by atoms with Gasteiger partial charge in [0.1, 0.15) is 23.3 Å². The van der Waals surface area contributed by atoms with Crippen molar-refractivity contribution in [2.75, 3.05) is 18.5 Å². The number of halogens is 1. The maximum absolute atomic E-state index is 13.2. The maximum atomic E-state index is 13.2. The third-order valence-electron chi connectivity index (χ3n) is 4.69. The fourth-order valence-electron chi connectivity index (χ4n) is 3.38. The van der Waals surface area contributed by atoms with Crippen LogP contribution in [0.4, 0.5) is 10.1 Å². The van der Waals surface area contributed by atoms with E-state index in [0.29, 0.717) is 12.4 Å². The van der Waals surface area contributed by atoms with Gasteiger partial charge in [0.2, 0.25) is 0 Å². The molecular weight excluding hydrogens is 361 g/mol. The molecule has 2 atom stereocenters. The van der Waals surface area contributed by atoms with Gasteiger partial charge in [-0.3, -0.25) is 0 Å². The van der Waals surface area contributed by atoms with Crippen molar-refractivity contribution < 1.29 is 23.4 Å². The fourth-order valence-corrected chi connectivity index (χ4v) is 3.38. The van der Waals surface area contributed by atoms with Crippen molar-refractivity contribution in [1.29, 1.82) is 0 Å². The highest BCUT2D eigenvalue weighted by Gasteiger charge is 2.47. The van der Waals surface area contributed by atoms with E-state index in [4.69, 9.17) is 14.2 Å². The topological polar surface area (TPSA) is 56.8 Å². The van der Waals surface area contributed by atoms with Gasteiger partial charge >= 0.3 is 5.97 Å². The largest absolute Gasteiger partial charge is 0.483 e. The van der Waals surface area contributed by atoms with Gasteiger partial charge in [-0.25, -0.2) is 9.18 Å². The number of anilines is 1. The first-order chi connectivity index (χ1) is 13.4. The Morgan fingerprint density at radius 2 is 1.89 bits per heavy atom. The Balaban J connectivity index is 1.94. The minimum atomic E-state index is -0.803. The van der Waals surface area contributed by atoms with Crippen LogP contribution in [0.1, 0.15) is 49.7 Å². The molecular formula is C22H26FNO4. The smallest absolute Gasteiger partial charge is 0.338 e. The number of esters is 1. The molecule has 0 aromatic heterocycles. The zero-order chi connectivity index (χ0) is 20.3. The van der Waals surface area contributed by atoms with Gasteiger partial charge in [0.15, 0.2) is 6.10 Å². The molecule has 0 radical (unpaired) electrons. The van der Waals surface area contributed by atoms with Gasteiger partial charge in [-0.05, 0) is 70.2 Å². The normalized spacial score (nSPS) is 20.0. The van der Waals surface area contributed by atoms with Crippen LogP contribution in [0, 0.1) is 5.82 Å². The molecule has 0 fully saturated rings.